The lowest BCUT2D eigenvalue weighted by Crippen LogP contribution is -2.47. The van der Waals surface area contributed by atoms with Crippen LogP contribution in [0.2, 0.25) is 0 Å². The molecule has 0 bridgehead atoms. The number of nitrogens with zero attached hydrogens (tertiary/aromatic N) is 1. The number of benzene rings is 6. The topological polar surface area (TPSA) is 136 Å². The molecule has 12 heteroatoms. The van der Waals surface area contributed by atoms with Gasteiger partial charge < -0.3 is 29.4 Å². The second kappa shape index (κ2) is 20.3. The second-order valence-electron chi connectivity index (χ2n) is 16.5. The Hall–Kier alpha value is -5.86. The van der Waals surface area contributed by atoms with Crippen molar-refractivity contribution < 1.29 is 37.3 Å². The van der Waals surface area contributed by atoms with Gasteiger partial charge in [-0.1, -0.05) is 121 Å². The molecule has 332 valence electrons. The number of carbonyl (C=O) groups excluding carboxylic acids is 1. The minimum Gasteiger partial charge on any atom is -0.493 e. The van der Waals surface area contributed by atoms with Crippen molar-refractivity contribution in [3.05, 3.63) is 184 Å². The molecule has 3 N–H and O–H groups in total. The molecule has 0 unspecified atom stereocenters. The first kappa shape index (κ1) is 44.7. The Labute approximate surface area is 376 Å². The molecule has 6 aromatic rings. The largest absolute Gasteiger partial charge is 0.493 e. The van der Waals surface area contributed by atoms with Crippen molar-refractivity contribution >= 4 is 15.9 Å². The predicted molar refractivity (Wildman–Crippen MR) is 246 cm³/mol. The quantitative estimate of drug-likeness (QED) is 0.0885. The van der Waals surface area contributed by atoms with Crippen LogP contribution in [-0.2, 0) is 56.8 Å². The summed E-state index contributed by atoms with van der Waals surface area (Å²) >= 11 is 0. The number of rotatable bonds is 16. The van der Waals surface area contributed by atoms with Crippen LogP contribution in [0.3, 0.4) is 0 Å². The molecule has 0 radical (unpaired) electrons. The molecule has 2 heterocycles. The van der Waals surface area contributed by atoms with Crippen LogP contribution in [0, 0.1) is 6.92 Å². The van der Waals surface area contributed by atoms with Gasteiger partial charge in [-0.25, -0.2) is 8.42 Å². The smallest absolute Gasteiger partial charge is 0.241 e. The third-order valence-electron chi connectivity index (χ3n) is 12.1. The highest BCUT2D eigenvalue weighted by atomic mass is 32.2. The van der Waals surface area contributed by atoms with Crippen LogP contribution in [0.25, 0.3) is 11.1 Å². The van der Waals surface area contributed by atoms with Gasteiger partial charge in [0.15, 0.2) is 17.8 Å². The maximum atomic E-state index is 13.9. The molecule has 2 aliphatic rings. The average Bonchev–Trinajstić information content (AvgIpc) is 3.33. The number of hydrogen-bond acceptors (Lipinski definition) is 9. The number of sulfonamides is 1. The number of methoxy groups -OCH3 is 2. The number of amides is 1. The standard InChI is InChI=1S/C52H55N3O8S/c1-35-13-23-45(24-14-35)64(58,59)54-47(27-36-9-5-4-6-10-36)51(57)53-31-42-11-7-8-12-46(42)38-19-21-40(22-20-38)52-62-44(30-48(63-52)39-17-15-37(34-56)16-18-39)33-55-26-25-41-28-49(60-2)50(61-3)29-43(41)32-55/h4-24,28-29,44,47-48,52,54,56H,25-27,30-34H2,1-3H3,(H,53,57)/t44-,47+,48+,52+/m0/s1. The van der Waals surface area contributed by atoms with Crippen LogP contribution in [0.1, 0.15) is 63.3 Å². The maximum absolute atomic E-state index is 13.9. The van der Waals surface area contributed by atoms with E-state index in [1.807, 2.05) is 110 Å². The molecule has 11 nitrogen and oxygen atoms in total. The first-order chi connectivity index (χ1) is 31.1. The Morgan fingerprint density at radius 2 is 1.47 bits per heavy atom. The van der Waals surface area contributed by atoms with Crippen molar-refractivity contribution in [1.82, 2.24) is 14.9 Å². The van der Waals surface area contributed by atoms with E-state index in [1.54, 1.807) is 38.5 Å². The molecule has 1 saturated heterocycles. The number of fused-ring (bicyclic) bond motifs is 1. The maximum Gasteiger partial charge on any atom is 0.241 e. The molecular formula is C52H55N3O8S. The van der Waals surface area contributed by atoms with Gasteiger partial charge >= 0.3 is 0 Å². The summed E-state index contributed by atoms with van der Waals surface area (Å²) < 4.78 is 54.3. The number of aliphatic hydroxyl groups excluding tert-OH is 1. The Bertz CT molecular complexity index is 2620. The highest BCUT2D eigenvalue weighted by Gasteiger charge is 2.34. The van der Waals surface area contributed by atoms with Crippen LogP contribution in [-0.4, -0.2) is 63.8 Å². The molecular weight excluding hydrogens is 827 g/mol. The second-order valence-corrected chi connectivity index (χ2v) is 18.2. The van der Waals surface area contributed by atoms with E-state index in [9.17, 15) is 18.3 Å². The number of carbonyl (C=O) groups is 1. The number of hydrogen-bond donors (Lipinski definition) is 3. The first-order valence-electron chi connectivity index (χ1n) is 21.6. The molecule has 4 atom stereocenters. The van der Waals surface area contributed by atoms with E-state index in [0.717, 1.165) is 82.1 Å². The molecule has 1 fully saturated rings. The molecule has 0 aliphatic carbocycles. The van der Waals surface area contributed by atoms with Crippen LogP contribution in [0.5, 0.6) is 11.5 Å². The van der Waals surface area contributed by atoms with E-state index in [2.05, 4.69) is 27.1 Å². The zero-order valence-corrected chi connectivity index (χ0v) is 37.2. The summed E-state index contributed by atoms with van der Waals surface area (Å²) in [7, 11) is -0.667. The van der Waals surface area contributed by atoms with Gasteiger partial charge in [0.2, 0.25) is 15.9 Å². The van der Waals surface area contributed by atoms with Gasteiger partial charge in [0.1, 0.15) is 6.04 Å². The van der Waals surface area contributed by atoms with E-state index in [4.69, 9.17) is 18.9 Å². The van der Waals surface area contributed by atoms with Crippen molar-refractivity contribution in [2.45, 2.75) is 75.3 Å². The molecule has 2 aliphatic heterocycles. The Balaban J connectivity index is 0.981. The van der Waals surface area contributed by atoms with Crippen LogP contribution in [0.4, 0.5) is 0 Å². The molecule has 1 amide bonds. The third kappa shape index (κ3) is 10.7. The van der Waals surface area contributed by atoms with Gasteiger partial charge in [-0.15, -0.1) is 0 Å². The average molecular weight is 882 g/mol. The normalized spacial score (nSPS) is 18.2. The molecule has 0 spiro atoms. The minimum absolute atomic E-state index is 0.0278. The first-order valence-corrected chi connectivity index (χ1v) is 23.1. The van der Waals surface area contributed by atoms with Gasteiger partial charge in [-0.2, -0.15) is 4.72 Å². The van der Waals surface area contributed by atoms with E-state index < -0.39 is 28.3 Å². The highest BCUT2D eigenvalue weighted by molar-refractivity contribution is 7.89. The van der Waals surface area contributed by atoms with Crippen LogP contribution >= 0.6 is 0 Å². The van der Waals surface area contributed by atoms with E-state index in [-0.39, 0.29) is 36.7 Å². The Morgan fingerprint density at radius 1 is 0.797 bits per heavy atom. The summed E-state index contributed by atoms with van der Waals surface area (Å²) in [5.41, 5.74) is 9.73. The predicted octanol–water partition coefficient (Wildman–Crippen LogP) is 7.98. The van der Waals surface area contributed by atoms with Crippen molar-refractivity contribution in [1.29, 1.82) is 0 Å². The number of ether oxygens (including phenoxy) is 4. The summed E-state index contributed by atoms with van der Waals surface area (Å²) in [6.45, 7) is 4.41. The SMILES string of the molecule is COc1cc2c(cc1OC)CN(C[C@@H]1C[C@H](c3ccc(CO)cc3)O[C@H](c3ccc(-c4ccccc4CNC(=O)[C@@H](Cc4ccccc4)NS(=O)(=O)c4ccc(C)cc4)cc3)O1)CC2. The molecule has 0 saturated carbocycles. The zero-order valence-electron chi connectivity index (χ0n) is 36.4. The number of nitrogens with one attached hydrogen (secondary N) is 2. The van der Waals surface area contributed by atoms with Gasteiger partial charge in [0.25, 0.3) is 0 Å². The Kier molecular flexibility index (Phi) is 14.2. The van der Waals surface area contributed by atoms with Crippen LogP contribution < -0.4 is 19.5 Å². The minimum atomic E-state index is -3.99. The van der Waals surface area contributed by atoms with E-state index >= 15 is 0 Å². The van der Waals surface area contributed by atoms with Gasteiger partial charge in [0.05, 0.1) is 37.9 Å². The lowest BCUT2D eigenvalue weighted by atomic mass is 9.96. The highest BCUT2D eigenvalue weighted by Crippen LogP contribution is 2.40. The lowest BCUT2D eigenvalue weighted by molar-refractivity contribution is -0.253. The molecule has 0 aromatic heterocycles. The molecule has 64 heavy (non-hydrogen) atoms. The molecule has 8 rings (SSSR count). The zero-order chi connectivity index (χ0) is 44.6. The number of aryl methyl sites for hydroxylation is 1. The summed E-state index contributed by atoms with van der Waals surface area (Å²) in [6, 6.07) is 42.9. The van der Waals surface area contributed by atoms with Crippen molar-refractivity contribution in [3.8, 4) is 22.6 Å². The van der Waals surface area contributed by atoms with Gasteiger partial charge in [0, 0.05) is 38.2 Å². The Morgan fingerprint density at radius 3 is 2.17 bits per heavy atom. The van der Waals surface area contributed by atoms with E-state index in [0.29, 0.717) is 6.42 Å². The fraction of sp³-hybridized carbons (Fsp3) is 0.288. The number of aliphatic hydroxyl groups is 1. The van der Waals surface area contributed by atoms with Crippen molar-refractivity contribution in [2.24, 2.45) is 0 Å². The molecule has 6 aromatic carbocycles. The summed E-state index contributed by atoms with van der Waals surface area (Å²) in [4.78, 5) is 16.4. The van der Waals surface area contributed by atoms with E-state index in [1.165, 1.54) is 11.1 Å². The van der Waals surface area contributed by atoms with Crippen LogP contribution in [0.15, 0.2) is 144 Å². The van der Waals surface area contributed by atoms with Gasteiger partial charge in [-0.05, 0) is 88.5 Å². The van der Waals surface area contributed by atoms with Gasteiger partial charge in [-0.3, -0.25) is 9.69 Å². The monoisotopic (exact) mass is 881 g/mol. The third-order valence-corrected chi connectivity index (χ3v) is 13.6. The van der Waals surface area contributed by atoms with Crippen molar-refractivity contribution in [3.63, 3.8) is 0 Å². The lowest BCUT2D eigenvalue weighted by Gasteiger charge is -2.39. The van der Waals surface area contributed by atoms with Crippen molar-refractivity contribution in [2.75, 3.05) is 27.3 Å². The fourth-order valence-corrected chi connectivity index (χ4v) is 9.71. The summed E-state index contributed by atoms with van der Waals surface area (Å²) in [5.74, 6) is 1.03. The summed E-state index contributed by atoms with van der Waals surface area (Å²) in [5, 5.41) is 12.7. The summed E-state index contributed by atoms with van der Waals surface area (Å²) in [6.07, 6.45) is 0.756. The fourth-order valence-electron chi connectivity index (χ4n) is 8.51.